The molecule has 2 aromatic rings. The van der Waals surface area contributed by atoms with Crippen LogP contribution in [0.4, 0.5) is 13.2 Å². The molecule has 32 heavy (non-hydrogen) atoms. The zero-order valence-corrected chi connectivity index (χ0v) is 18.0. The molecule has 3 rings (SSSR count). The Labute approximate surface area is 187 Å². The molecule has 1 N–H and O–H groups in total. The first-order valence-corrected chi connectivity index (χ1v) is 9.88. The molecule has 0 radical (unpaired) electrons. The molecule has 0 aliphatic carbocycles. The highest BCUT2D eigenvalue weighted by Gasteiger charge is 2.34. The molecule has 7 nitrogen and oxygen atoms in total. The number of imidazole rings is 1. The molecule has 1 aliphatic rings. The van der Waals surface area contributed by atoms with Gasteiger partial charge >= 0.3 is 12.1 Å². The topological polar surface area (TPSA) is 76.8 Å². The summed E-state index contributed by atoms with van der Waals surface area (Å²) in [6, 6.07) is 3.92. The number of carbonyl (C=O) groups is 1. The van der Waals surface area contributed by atoms with Gasteiger partial charge in [-0.05, 0) is 18.2 Å². The Balaban J connectivity index is 2.00. The lowest BCUT2D eigenvalue weighted by molar-refractivity contribution is -0.143. The molecule has 0 saturated heterocycles. The van der Waals surface area contributed by atoms with Gasteiger partial charge in [-0.15, -0.1) is 0 Å². The molecule has 0 spiro atoms. The van der Waals surface area contributed by atoms with Crippen LogP contribution in [0.1, 0.15) is 17.7 Å². The van der Waals surface area contributed by atoms with Crippen molar-refractivity contribution in [2.24, 2.45) is 0 Å². The van der Waals surface area contributed by atoms with Gasteiger partial charge in [-0.3, -0.25) is 0 Å². The van der Waals surface area contributed by atoms with Crippen molar-refractivity contribution in [2.45, 2.75) is 18.6 Å². The average Bonchev–Trinajstić information content (AvgIpc) is 3.24. The van der Waals surface area contributed by atoms with E-state index in [1.165, 1.54) is 18.8 Å². The lowest BCUT2D eigenvalue weighted by Gasteiger charge is -2.31. The highest BCUT2D eigenvalue weighted by atomic mass is 35.5. The van der Waals surface area contributed by atoms with Crippen LogP contribution in [0.25, 0.3) is 11.3 Å². The second-order valence-electron chi connectivity index (χ2n) is 6.97. The second-order valence-corrected chi connectivity index (χ2v) is 7.41. The molecule has 1 atom stereocenters. The van der Waals surface area contributed by atoms with Gasteiger partial charge < -0.3 is 24.0 Å². The van der Waals surface area contributed by atoms with Crippen molar-refractivity contribution < 1.29 is 32.5 Å². The summed E-state index contributed by atoms with van der Waals surface area (Å²) in [7, 11) is 2.92. The van der Waals surface area contributed by atoms with Crippen LogP contribution in [0, 0.1) is 0 Å². The standard InChI is InChI=1S/C21H21ClF3N3O4/c1-31-8-6-17(20(29)30)27-7-5-14(18(10-27)32-2)15-9-13(22)3-4-16(15)28-11-19(26-12-28)21(23,24)25/h3-5,9-12,17H,6-8H2,1-2H3,(H,29,30). The van der Waals surface area contributed by atoms with Gasteiger partial charge in [0.1, 0.15) is 11.8 Å². The molecule has 0 saturated carbocycles. The average molecular weight is 472 g/mol. The van der Waals surface area contributed by atoms with E-state index < -0.39 is 23.9 Å². The molecule has 11 heteroatoms. The number of hydrogen-bond acceptors (Lipinski definition) is 5. The summed E-state index contributed by atoms with van der Waals surface area (Å²) in [5.74, 6) is -0.660. The number of carboxylic acids is 1. The number of hydrogen-bond donors (Lipinski definition) is 1. The minimum atomic E-state index is -4.58. The molecule has 1 aromatic heterocycles. The van der Waals surface area contributed by atoms with E-state index in [1.54, 1.807) is 35.4 Å². The first-order valence-electron chi connectivity index (χ1n) is 9.51. The quantitative estimate of drug-likeness (QED) is 0.621. The Morgan fingerprint density at radius 3 is 2.69 bits per heavy atom. The van der Waals surface area contributed by atoms with Crippen molar-refractivity contribution in [3.8, 4) is 5.69 Å². The van der Waals surface area contributed by atoms with E-state index in [4.69, 9.17) is 21.1 Å². The predicted octanol–water partition coefficient (Wildman–Crippen LogP) is 4.22. The highest BCUT2D eigenvalue weighted by Crippen LogP contribution is 2.35. The summed E-state index contributed by atoms with van der Waals surface area (Å²) in [5, 5.41) is 9.96. The van der Waals surface area contributed by atoms with Crippen LogP contribution in [0.3, 0.4) is 0 Å². The third-order valence-electron chi connectivity index (χ3n) is 4.96. The van der Waals surface area contributed by atoms with Gasteiger partial charge in [0.25, 0.3) is 0 Å². The first kappa shape index (κ1) is 23.7. The fourth-order valence-electron chi connectivity index (χ4n) is 3.40. The van der Waals surface area contributed by atoms with Crippen molar-refractivity contribution in [3.05, 3.63) is 65.0 Å². The van der Waals surface area contributed by atoms with Crippen LogP contribution in [-0.4, -0.2) is 58.9 Å². The maximum absolute atomic E-state index is 13.0. The van der Waals surface area contributed by atoms with Crippen molar-refractivity contribution in [2.75, 3.05) is 27.4 Å². The molecule has 0 bridgehead atoms. The molecule has 1 aliphatic heterocycles. The predicted molar refractivity (Wildman–Crippen MR) is 111 cm³/mol. The van der Waals surface area contributed by atoms with Gasteiger partial charge in [0.2, 0.25) is 0 Å². The molecular weight excluding hydrogens is 451 g/mol. The molecule has 1 unspecified atom stereocenters. The first-order chi connectivity index (χ1) is 15.2. The number of aliphatic carboxylic acids is 1. The Bertz CT molecular complexity index is 1050. The van der Waals surface area contributed by atoms with E-state index in [9.17, 15) is 23.1 Å². The summed E-state index contributed by atoms with van der Waals surface area (Å²) in [5.41, 5.74) is 0.473. The lowest BCUT2D eigenvalue weighted by atomic mass is 9.98. The van der Waals surface area contributed by atoms with Crippen LogP contribution in [0.5, 0.6) is 0 Å². The van der Waals surface area contributed by atoms with Gasteiger partial charge in [-0.2, -0.15) is 13.2 Å². The van der Waals surface area contributed by atoms with E-state index in [-0.39, 0.29) is 19.6 Å². The van der Waals surface area contributed by atoms with E-state index in [1.807, 2.05) is 0 Å². The number of halogens is 4. The number of allylic oxidation sites excluding steroid dienone is 1. The largest absolute Gasteiger partial charge is 0.495 e. The molecule has 1 aromatic carbocycles. The summed E-state index contributed by atoms with van der Waals surface area (Å²) in [6.45, 7) is 0.507. The van der Waals surface area contributed by atoms with Crippen LogP contribution in [0.15, 0.2) is 48.8 Å². The van der Waals surface area contributed by atoms with E-state index in [0.717, 1.165) is 12.5 Å². The third kappa shape index (κ3) is 5.08. The Hall–Kier alpha value is -2.98. The molecule has 172 valence electrons. The Kier molecular flexibility index (Phi) is 7.15. The number of aromatic nitrogens is 2. The highest BCUT2D eigenvalue weighted by molar-refractivity contribution is 6.30. The number of methoxy groups -OCH3 is 2. The van der Waals surface area contributed by atoms with E-state index >= 15 is 0 Å². The van der Waals surface area contributed by atoms with Crippen LogP contribution >= 0.6 is 11.6 Å². The number of nitrogens with zero attached hydrogens (tertiary/aromatic N) is 3. The van der Waals surface area contributed by atoms with Gasteiger partial charge in [0.05, 0.1) is 19.1 Å². The zero-order chi connectivity index (χ0) is 23.5. The molecule has 2 heterocycles. The minimum Gasteiger partial charge on any atom is -0.495 e. The third-order valence-corrected chi connectivity index (χ3v) is 5.19. The number of ether oxygens (including phenoxy) is 2. The Morgan fingerprint density at radius 2 is 2.09 bits per heavy atom. The maximum atomic E-state index is 13.0. The van der Waals surface area contributed by atoms with Crippen molar-refractivity contribution >= 4 is 23.1 Å². The summed E-state index contributed by atoms with van der Waals surface area (Å²) < 4.78 is 50.8. The van der Waals surface area contributed by atoms with Gasteiger partial charge in [0.15, 0.2) is 5.69 Å². The van der Waals surface area contributed by atoms with Crippen LogP contribution in [-0.2, 0) is 20.4 Å². The number of rotatable bonds is 8. The lowest BCUT2D eigenvalue weighted by Crippen LogP contribution is -2.40. The second kappa shape index (κ2) is 9.66. The van der Waals surface area contributed by atoms with E-state index in [2.05, 4.69) is 4.98 Å². The zero-order valence-electron chi connectivity index (χ0n) is 17.3. The monoisotopic (exact) mass is 471 g/mol. The summed E-state index contributed by atoms with van der Waals surface area (Å²) in [6.07, 6.45) is 0.979. The maximum Gasteiger partial charge on any atom is 0.434 e. The normalized spacial score (nSPS) is 15.2. The molecule has 0 amide bonds. The summed E-state index contributed by atoms with van der Waals surface area (Å²) >= 11 is 6.18. The minimum absolute atomic E-state index is 0.243. The van der Waals surface area contributed by atoms with Gasteiger partial charge in [-0.1, -0.05) is 17.7 Å². The SMILES string of the molecule is COCCC(C(=O)O)N1C=C(OC)C(c2cc(Cl)ccc2-n2cnc(C(F)(F)F)c2)=CC1. The number of carboxylic acid groups (broad SMARTS) is 1. The smallest absolute Gasteiger partial charge is 0.434 e. The van der Waals surface area contributed by atoms with Crippen molar-refractivity contribution in [1.29, 1.82) is 0 Å². The number of alkyl halides is 3. The van der Waals surface area contributed by atoms with Crippen LogP contribution < -0.4 is 0 Å². The van der Waals surface area contributed by atoms with Crippen LogP contribution in [0.2, 0.25) is 5.02 Å². The number of benzene rings is 1. The fourth-order valence-corrected chi connectivity index (χ4v) is 3.58. The fraction of sp³-hybridized carbons (Fsp3) is 0.333. The molecular formula is C21H21ClF3N3O4. The molecule has 0 fully saturated rings. The Morgan fingerprint density at radius 1 is 1.34 bits per heavy atom. The van der Waals surface area contributed by atoms with E-state index in [0.29, 0.717) is 27.6 Å². The summed E-state index contributed by atoms with van der Waals surface area (Å²) in [4.78, 5) is 16.8. The van der Waals surface area contributed by atoms with Crippen molar-refractivity contribution in [1.82, 2.24) is 14.5 Å². The van der Waals surface area contributed by atoms with Gasteiger partial charge in [0, 0.05) is 55.2 Å². The van der Waals surface area contributed by atoms with Gasteiger partial charge in [-0.25, -0.2) is 9.78 Å². The van der Waals surface area contributed by atoms with Crippen molar-refractivity contribution in [3.63, 3.8) is 0 Å².